The first-order valence-electron chi connectivity index (χ1n) is 5.62. The highest BCUT2D eigenvalue weighted by Gasteiger charge is 2.55. The number of benzene rings is 1. The molecule has 0 spiro atoms. The van der Waals surface area contributed by atoms with Gasteiger partial charge in [0.25, 0.3) is 0 Å². The molecule has 1 unspecified atom stereocenters. The first-order valence-corrected chi connectivity index (χ1v) is 6.00. The molecule has 96 valence electrons. The summed E-state index contributed by atoms with van der Waals surface area (Å²) < 4.78 is 13.9. The monoisotopic (exact) mass is 271 g/mol. The average molecular weight is 272 g/mol. The van der Waals surface area contributed by atoms with E-state index in [1.54, 1.807) is 0 Å². The molecule has 1 aromatic carbocycles. The first-order chi connectivity index (χ1) is 8.50. The van der Waals surface area contributed by atoms with E-state index in [0.29, 0.717) is 12.8 Å². The molecular weight excluding hydrogens is 261 g/mol. The van der Waals surface area contributed by atoms with E-state index in [4.69, 9.17) is 11.6 Å². The molecule has 0 aliphatic heterocycles. The predicted molar refractivity (Wildman–Crippen MR) is 63.6 cm³/mol. The molecule has 1 saturated carbocycles. The van der Waals surface area contributed by atoms with Gasteiger partial charge in [-0.1, -0.05) is 17.7 Å². The topological polar surface area (TPSA) is 60.2 Å². The molecule has 1 atom stereocenters. The van der Waals surface area contributed by atoms with E-state index >= 15 is 0 Å². The maximum atomic E-state index is 13.9. The van der Waals surface area contributed by atoms with Crippen molar-refractivity contribution in [2.24, 2.45) is 0 Å². The number of ketones is 1. The van der Waals surface area contributed by atoms with Crippen molar-refractivity contribution in [1.29, 1.82) is 0 Å². The van der Waals surface area contributed by atoms with Crippen molar-refractivity contribution in [3.8, 4) is 0 Å². The Morgan fingerprint density at radius 1 is 1.39 bits per heavy atom. The fourth-order valence-electron chi connectivity index (χ4n) is 2.45. The molecule has 2 rings (SSSR count). The highest BCUT2D eigenvalue weighted by Crippen LogP contribution is 2.41. The van der Waals surface area contributed by atoms with Crippen molar-refractivity contribution < 1.29 is 14.1 Å². The lowest BCUT2D eigenvalue weighted by Crippen LogP contribution is -2.46. The van der Waals surface area contributed by atoms with Gasteiger partial charge in [-0.05, 0) is 25.0 Å². The molecule has 1 aliphatic carbocycles. The van der Waals surface area contributed by atoms with E-state index in [1.165, 1.54) is 12.1 Å². The number of carbonyl (C=O) groups excluding carboxylic acids is 1. The number of Topliss-reactive ketones (excluding diaryl/α,β-unsaturated/α-hetero) is 1. The van der Waals surface area contributed by atoms with Crippen molar-refractivity contribution in [1.82, 2.24) is 0 Å². The standard InChI is InChI=1S/C12H11ClFNO3/c13-8-4-3-5-9(14)11(8)12(15(17)18)7-2-1-6-10(12)16/h3-5H,1-2,6-7H2. The minimum atomic E-state index is -2.01. The van der Waals surface area contributed by atoms with Gasteiger partial charge in [0, 0.05) is 17.8 Å². The summed E-state index contributed by atoms with van der Waals surface area (Å²) >= 11 is 5.87. The molecule has 0 aromatic heterocycles. The summed E-state index contributed by atoms with van der Waals surface area (Å²) in [6.07, 6.45) is 1.20. The number of nitrogens with zero attached hydrogens (tertiary/aromatic N) is 1. The minimum absolute atomic E-state index is 0.000509. The van der Waals surface area contributed by atoms with Gasteiger partial charge in [-0.3, -0.25) is 14.9 Å². The Kier molecular flexibility index (Phi) is 3.34. The SMILES string of the molecule is O=C1CCCCC1(c1c(F)cccc1Cl)[N+](=O)[O-]. The highest BCUT2D eigenvalue weighted by atomic mass is 35.5. The Balaban J connectivity index is 2.68. The summed E-state index contributed by atoms with van der Waals surface area (Å²) in [7, 11) is 0. The smallest absolute Gasteiger partial charge is 0.291 e. The van der Waals surface area contributed by atoms with Crippen LogP contribution in [-0.4, -0.2) is 10.7 Å². The lowest BCUT2D eigenvalue weighted by Gasteiger charge is -2.28. The molecule has 4 nitrogen and oxygen atoms in total. The third kappa shape index (κ3) is 1.79. The molecule has 0 radical (unpaired) electrons. The Morgan fingerprint density at radius 2 is 2.11 bits per heavy atom. The van der Waals surface area contributed by atoms with Gasteiger partial charge in [0.2, 0.25) is 5.78 Å². The van der Waals surface area contributed by atoms with Gasteiger partial charge in [-0.2, -0.15) is 0 Å². The molecule has 0 heterocycles. The molecule has 0 amide bonds. The van der Waals surface area contributed by atoms with Crippen LogP contribution in [-0.2, 0) is 10.3 Å². The summed E-state index contributed by atoms with van der Waals surface area (Å²) in [5.41, 5.74) is -2.30. The van der Waals surface area contributed by atoms with Gasteiger partial charge in [-0.15, -0.1) is 0 Å². The number of nitro groups is 1. The van der Waals surface area contributed by atoms with Crippen molar-refractivity contribution >= 4 is 17.4 Å². The van der Waals surface area contributed by atoms with Crippen molar-refractivity contribution in [3.63, 3.8) is 0 Å². The summed E-state index contributed by atoms with van der Waals surface area (Å²) in [4.78, 5) is 22.7. The summed E-state index contributed by atoms with van der Waals surface area (Å²) in [6, 6.07) is 3.82. The number of carbonyl (C=O) groups is 1. The van der Waals surface area contributed by atoms with E-state index in [9.17, 15) is 19.3 Å². The van der Waals surface area contributed by atoms with Crippen molar-refractivity contribution in [2.45, 2.75) is 31.2 Å². The zero-order valence-electron chi connectivity index (χ0n) is 9.49. The summed E-state index contributed by atoms with van der Waals surface area (Å²) in [5.74, 6) is -1.36. The zero-order valence-corrected chi connectivity index (χ0v) is 10.2. The van der Waals surface area contributed by atoms with Gasteiger partial charge in [-0.25, -0.2) is 4.39 Å². The lowest BCUT2D eigenvalue weighted by molar-refractivity contribution is -0.563. The van der Waals surface area contributed by atoms with Crippen LogP contribution in [0.5, 0.6) is 0 Å². The number of hydrogen-bond acceptors (Lipinski definition) is 3. The van der Waals surface area contributed by atoms with Crippen LogP contribution >= 0.6 is 11.6 Å². The largest absolute Gasteiger partial charge is 0.308 e. The van der Waals surface area contributed by atoms with Gasteiger partial charge in [0.1, 0.15) is 5.82 Å². The maximum Gasteiger partial charge on any atom is 0.308 e. The number of halogens is 2. The number of rotatable bonds is 2. The second-order valence-corrected chi connectivity index (χ2v) is 4.75. The second-order valence-electron chi connectivity index (χ2n) is 4.34. The van der Waals surface area contributed by atoms with Crippen LogP contribution in [0.2, 0.25) is 5.02 Å². The Bertz CT molecular complexity index is 500. The summed E-state index contributed by atoms with van der Waals surface area (Å²) in [6.45, 7) is 0. The van der Waals surface area contributed by atoms with Crippen LogP contribution in [0, 0.1) is 15.9 Å². The van der Waals surface area contributed by atoms with Crippen LogP contribution in [0.1, 0.15) is 31.2 Å². The normalized spacial score (nSPS) is 24.0. The fraction of sp³-hybridized carbons (Fsp3) is 0.417. The van der Waals surface area contributed by atoms with Gasteiger partial charge in [0.15, 0.2) is 0 Å². The van der Waals surface area contributed by atoms with Gasteiger partial charge >= 0.3 is 5.54 Å². The Morgan fingerprint density at radius 3 is 2.67 bits per heavy atom. The lowest BCUT2D eigenvalue weighted by atomic mass is 9.76. The Hall–Kier alpha value is -1.49. The van der Waals surface area contributed by atoms with Gasteiger partial charge < -0.3 is 0 Å². The second kappa shape index (κ2) is 4.65. The molecular formula is C12H11ClFNO3. The molecule has 0 N–H and O–H groups in total. The quantitative estimate of drug-likeness (QED) is 0.613. The van der Waals surface area contributed by atoms with Crippen LogP contribution in [0.4, 0.5) is 4.39 Å². The van der Waals surface area contributed by atoms with E-state index in [-0.39, 0.29) is 23.4 Å². The van der Waals surface area contributed by atoms with Crippen molar-refractivity contribution in [2.75, 3.05) is 0 Å². The predicted octanol–water partition coefficient (Wildman–Crippen LogP) is 3.09. The molecule has 18 heavy (non-hydrogen) atoms. The van der Waals surface area contributed by atoms with Crippen LogP contribution < -0.4 is 0 Å². The third-order valence-corrected chi connectivity index (χ3v) is 3.66. The van der Waals surface area contributed by atoms with Crippen LogP contribution in [0.15, 0.2) is 18.2 Å². The third-order valence-electron chi connectivity index (χ3n) is 3.34. The molecule has 1 aliphatic rings. The minimum Gasteiger partial charge on any atom is -0.291 e. The van der Waals surface area contributed by atoms with E-state index in [2.05, 4.69) is 0 Å². The molecule has 0 bridgehead atoms. The maximum absolute atomic E-state index is 13.9. The highest BCUT2D eigenvalue weighted by molar-refractivity contribution is 6.31. The van der Waals surface area contributed by atoms with E-state index < -0.39 is 22.1 Å². The van der Waals surface area contributed by atoms with E-state index in [0.717, 1.165) is 6.07 Å². The van der Waals surface area contributed by atoms with Crippen LogP contribution in [0.3, 0.4) is 0 Å². The fourth-order valence-corrected chi connectivity index (χ4v) is 2.77. The molecule has 6 heteroatoms. The van der Waals surface area contributed by atoms with Gasteiger partial charge in [0.05, 0.1) is 10.6 Å². The first kappa shape index (κ1) is 13.0. The summed E-state index contributed by atoms with van der Waals surface area (Å²) in [5, 5.41) is 11.3. The molecule has 0 saturated heterocycles. The van der Waals surface area contributed by atoms with E-state index in [1.807, 2.05) is 0 Å². The molecule has 1 fully saturated rings. The molecule has 1 aromatic rings. The average Bonchev–Trinajstić information content (AvgIpc) is 2.31. The zero-order chi connectivity index (χ0) is 13.3. The number of hydrogen-bond donors (Lipinski definition) is 0. The Labute approximate surface area is 108 Å². The van der Waals surface area contributed by atoms with Crippen LogP contribution in [0.25, 0.3) is 0 Å². The van der Waals surface area contributed by atoms with Crippen molar-refractivity contribution in [3.05, 3.63) is 44.7 Å².